The molecule has 0 saturated carbocycles. The van der Waals surface area contributed by atoms with Gasteiger partial charge in [0.15, 0.2) is 0 Å². The summed E-state index contributed by atoms with van der Waals surface area (Å²) in [6.45, 7) is 0.876. The summed E-state index contributed by atoms with van der Waals surface area (Å²) in [6.07, 6.45) is 2.53. The Kier molecular flexibility index (Phi) is 6.42. The topological polar surface area (TPSA) is 95.6 Å². The number of hydrogen-bond acceptors (Lipinski definition) is 5. The number of thiophene rings is 1. The van der Waals surface area contributed by atoms with Crippen LogP contribution >= 0.6 is 11.3 Å². The van der Waals surface area contributed by atoms with Crippen molar-refractivity contribution in [3.8, 4) is 0 Å². The first kappa shape index (κ1) is 20.4. The molecule has 2 amide bonds. The highest BCUT2D eigenvalue weighted by atomic mass is 32.2. The molecule has 2 aromatic rings. The number of hydrazine groups is 1. The number of sulfonamides is 1. The molecular weight excluding hydrogens is 405 g/mol. The first-order valence-corrected chi connectivity index (χ1v) is 11.1. The van der Waals surface area contributed by atoms with Crippen LogP contribution in [0.5, 0.6) is 0 Å². The van der Waals surface area contributed by atoms with E-state index in [-0.39, 0.29) is 16.2 Å². The van der Waals surface area contributed by atoms with E-state index < -0.39 is 27.7 Å². The van der Waals surface area contributed by atoms with Crippen molar-refractivity contribution in [2.75, 3.05) is 13.1 Å². The fourth-order valence-electron chi connectivity index (χ4n) is 2.93. The van der Waals surface area contributed by atoms with Crippen molar-refractivity contribution in [1.29, 1.82) is 0 Å². The van der Waals surface area contributed by atoms with Crippen molar-refractivity contribution in [2.45, 2.75) is 30.6 Å². The van der Waals surface area contributed by atoms with E-state index in [1.165, 1.54) is 40.0 Å². The summed E-state index contributed by atoms with van der Waals surface area (Å²) in [6, 6.07) is 6.83. The standard InChI is InChI=1S/C18H20FN3O4S2/c19-14-6-4-13(5-7-14)12-16(23)20-21-18(24)17-15(8-11-27-17)28(25,26)22-9-2-1-3-10-22/h4-8,11H,1-3,9-10,12H2,(H,20,23)(H,21,24). The molecule has 28 heavy (non-hydrogen) atoms. The summed E-state index contributed by atoms with van der Waals surface area (Å²) in [7, 11) is -3.75. The molecule has 10 heteroatoms. The lowest BCUT2D eigenvalue weighted by Crippen LogP contribution is -2.43. The summed E-state index contributed by atoms with van der Waals surface area (Å²) in [5.74, 6) is -1.60. The van der Waals surface area contributed by atoms with Crippen LogP contribution < -0.4 is 10.9 Å². The number of nitrogens with zero attached hydrogens (tertiary/aromatic N) is 1. The fourth-order valence-corrected chi connectivity index (χ4v) is 5.74. The van der Waals surface area contributed by atoms with Gasteiger partial charge >= 0.3 is 0 Å². The molecule has 2 N–H and O–H groups in total. The van der Waals surface area contributed by atoms with Crippen molar-refractivity contribution in [1.82, 2.24) is 15.2 Å². The van der Waals surface area contributed by atoms with E-state index in [4.69, 9.17) is 0 Å². The summed E-state index contributed by atoms with van der Waals surface area (Å²) in [5.41, 5.74) is 5.09. The van der Waals surface area contributed by atoms with Crippen LogP contribution in [0.4, 0.5) is 4.39 Å². The van der Waals surface area contributed by atoms with Crippen LogP contribution in [-0.4, -0.2) is 37.6 Å². The third kappa shape index (κ3) is 4.75. The van der Waals surface area contributed by atoms with Crippen molar-refractivity contribution in [3.05, 3.63) is 52.0 Å². The van der Waals surface area contributed by atoms with E-state index in [2.05, 4.69) is 10.9 Å². The highest BCUT2D eigenvalue weighted by molar-refractivity contribution is 7.89. The van der Waals surface area contributed by atoms with Crippen LogP contribution in [0.3, 0.4) is 0 Å². The van der Waals surface area contributed by atoms with Gasteiger partial charge in [0.1, 0.15) is 15.6 Å². The third-order valence-electron chi connectivity index (χ3n) is 4.36. The first-order chi connectivity index (χ1) is 13.4. The Labute approximate surface area is 166 Å². The zero-order valence-electron chi connectivity index (χ0n) is 15.0. The number of piperidine rings is 1. The van der Waals surface area contributed by atoms with E-state index >= 15 is 0 Å². The van der Waals surface area contributed by atoms with E-state index in [1.54, 1.807) is 0 Å². The van der Waals surface area contributed by atoms with Crippen LogP contribution in [0.2, 0.25) is 0 Å². The second-order valence-corrected chi connectivity index (χ2v) is 9.21. The van der Waals surface area contributed by atoms with Gasteiger partial charge in [0.2, 0.25) is 15.9 Å². The van der Waals surface area contributed by atoms with Gasteiger partial charge in [0.25, 0.3) is 5.91 Å². The van der Waals surface area contributed by atoms with Crippen LogP contribution in [0.25, 0.3) is 0 Å². The number of benzene rings is 1. The van der Waals surface area contributed by atoms with Gasteiger partial charge in [-0.2, -0.15) is 4.31 Å². The highest BCUT2D eigenvalue weighted by Gasteiger charge is 2.31. The summed E-state index contributed by atoms with van der Waals surface area (Å²) in [4.78, 5) is 24.3. The molecule has 0 radical (unpaired) electrons. The molecule has 150 valence electrons. The summed E-state index contributed by atoms with van der Waals surface area (Å²) in [5, 5.41) is 1.53. The van der Waals surface area contributed by atoms with Crippen LogP contribution in [-0.2, 0) is 21.2 Å². The average Bonchev–Trinajstić information content (AvgIpc) is 3.19. The zero-order chi connectivity index (χ0) is 20.1. The minimum absolute atomic E-state index is 0.0210. The molecule has 1 fully saturated rings. The van der Waals surface area contributed by atoms with Gasteiger partial charge in [0, 0.05) is 13.1 Å². The largest absolute Gasteiger partial charge is 0.281 e. The van der Waals surface area contributed by atoms with Gasteiger partial charge in [-0.1, -0.05) is 18.6 Å². The van der Waals surface area contributed by atoms with E-state index in [0.29, 0.717) is 18.7 Å². The molecule has 2 heterocycles. The molecule has 3 rings (SSSR count). The first-order valence-electron chi connectivity index (χ1n) is 8.79. The lowest BCUT2D eigenvalue weighted by atomic mass is 10.1. The van der Waals surface area contributed by atoms with Crippen molar-refractivity contribution in [2.24, 2.45) is 0 Å². The van der Waals surface area contributed by atoms with E-state index in [9.17, 15) is 22.4 Å². The second-order valence-electron chi connectivity index (χ2n) is 6.38. The molecule has 0 aliphatic carbocycles. The maximum Gasteiger partial charge on any atom is 0.281 e. The van der Waals surface area contributed by atoms with Gasteiger partial charge in [-0.15, -0.1) is 11.3 Å². The predicted molar refractivity (Wildman–Crippen MR) is 103 cm³/mol. The van der Waals surface area contributed by atoms with Crippen LogP contribution in [0, 0.1) is 5.82 Å². The minimum Gasteiger partial charge on any atom is -0.273 e. The number of amides is 2. The fraction of sp³-hybridized carbons (Fsp3) is 0.333. The molecule has 0 unspecified atom stereocenters. The molecule has 1 aromatic heterocycles. The quantitative estimate of drug-likeness (QED) is 0.717. The monoisotopic (exact) mass is 425 g/mol. The van der Waals surface area contributed by atoms with Gasteiger partial charge in [-0.3, -0.25) is 20.4 Å². The van der Waals surface area contributed by atoms with E-state index in [1.807, 2.05) is 0 Å². The average molecular weight is 426 g/mol. The molecule has 1 aliphatic rings. The molecular formula is C18H20FN3O4S2. The Morgan fingerprint density at radius 2 is 1.71 bits per heavy atom. The summed E-state index contributed by atoms with van der Waals surface area (Å²) >= 11 is 0.995. The SMILES string of the molecule is O=C(Cc1ccc(F)cc1)NNC(=O)c1sccc1S(=O)(=O)N1CCCCC1. The van der Waals surface area contributed by atoms with Gasteiger partial charge in [-0.05, 0) is 42.0 Å². The molecule has 1 saturated heterocycles. The Morgan fingerprint density at radius 3 is 2.39 bits per heavy atom. The predicted octanol–water partition coefficient (Wildman–Crippen LogP) is 2.07. The molecule has 0 spiro atoms. The number of nitrogens with one attached hydrogen (secondary N) is 2. The lowest BCUT2D eigenvalue weighted by molar-refractivity contribution is -0.121. The normalized spacial score (nSPS) is 15.2. The van der Waals surface area contributed by atoms with Crippen LogP contribution in [0.15, 0.2) is 40.6 Å². The van der Waals surface area contributed by atoms with E-state index in [0.717, 1.165) is 30.6 Å². The number of rotatable bonds is 5. The maximum absolute atomic E-state index is 12.9. The van der Waals surface area contributed by atoms with Crippen molar-refractivity contribution in [3.63, 3.8) is 0 Å². The van der Waals surface area contributed by atoms with Gasteiger partial charge < -0.3 is 0 Å². The molecule has 0 bridgehead atoms. The Balaban J connectivity index is 1.63. The number of carbonyl (C=O) groups excluding carboxylic acids is 2. The minimum atomic E-state index is -3.75. The second kappa shape index (κ2) is 8.80. The number of carbonyl (C=O) groups is 2. The molecule has 1 aromatic carbocycles. The highest BCUT2D eigenvalue weighted by Crippen LogP contribution is 2.27. The van der Waals surface area contributed by atoms with Crippen molar-refractivity contribution >= 4 is 33.2 Å². The Morgan fingerprint density at radius 1 is 1.04 bits per heavy atom. The third-order valence-corrected chi connectivity index (χ3v) is 7.34. The number of halogens is 1. The Bertz CT molecular complexity index is 951. The van der Waals surface area contributed by atoms with Gasteiger partial charge in [0.05, 0.1) is 6.42 Å². The van der Waals surface area contributed by atoms with Crippen molar-refractivity contribution < 1.29 is 22.4 Å². The van der Waals surface area contributed by atoms with Gasteiger partial charge in [-0.25, -0.2) is 12.8 Å². The Hall–Kier alpha value is -2.30. The molecule has 7 nitrogen and oxygen atoms in total. The lowest BCUT2D eigenvalue weighted by Gasteiger charge is -2.25. The zero-order valence-corrected chi connectivity index (χ0v) is 16.6. The smallest absolute Gasteiger partial charge is 0.273 e. The maximum atomic E-state index is 12.9. The summed E-state index contributed by atoms with van der Waals surface area (Å²) < 4.78 is 39.9. The molecule has 1 aliphatic heterocycles. The molecule has 0 atom stereocenters. The van der Waals surface area contributed by atoms with Crippen LogP contribution in [0.1, 0.15) is 34.5 Å². The number of hydrogen-bond donors (Lipinski definition) is 2.